The first kappa shape index (κ1) is 23.9. The highest BCUT2D eigenvalue weighted by molar-refractivity contribution is 6.32. The number of nitrogens with zero attached hydrogens (tertiary/aromatic N) is 5. The molecule has 32 heavy (non-hydrogen) atoms. The molecule has 0 spiro atoms. The summed E-state index contributed by atoms with van der Waals surface area (Å²) in [5.41, 5.74) is -2.89. The molecule has 0 saturated heterocycles. The molecule has 1 fully saturated rings. The Kier molecular flexibility index (Phi) is 6.72. The highest BCUT2D eigenvalue weighted by Gasteiger charge is 2.42. The fourth-order valence-corrected chi connectivity index (χ4v) is 3.68. The van der Waals surface area contributed by atoms with Crippen LogP contribution >= 0.6 is 11.6 Å². The molecule has 1 aliphatic rings. The monoisotopic (exact) mass is 484 g/mol. The van der Waals surface area contributed by atoms with Gasteiger partial charge < -0.3 is 5.32 Å². The van der Waals surface area contributed by atoms with E-state index in [1.165, 1.54) is 11.6 Å². The van der Waals surface area contributed by atoms with E-state index in [0.29, 0.717) is 5.69 Å². The fourth-order valence-electron chi connectivity index (χ4n) is 3.29. The van der Waals surface area contributed by atoms with E-state index in [0.717, 1.165) is 17.5 Å². The third kappa shape index (κ3) is 5.00. The number of hydrogen-bond acceptors (Lipinski definition) is 5. The maximum absolute atomic E-state index is 13.1. The van der Waals surface area contributed by atoms with Crippen LogP contribution < -0.4 is 5.32 Å². The normalized spacial score (nSPS) is 14.2. The number of rotatable bonds is 9. The van der Waals surface area contributed by atoms with Crippen molar-refractivity contribution in [2.75, 3.05) is 6.54 Å². The van der Waals surface area contributed by atoms with Gasteiger partial charge in [0.2, 0.25) is 11.6 Å². The Bertz CT molecular complexity index is 1030. The van der Waals surface area contributed by atoms with E-state index >= 15 is 0 Å². The number of amides is 1. The second-order valence-corrected chi connectivity index (χ2v) is 7.66. The summed E-state index contributed by atoms with van der Waals surface area (Å²) in [4.78, 5) is 22.1. The van der Waals surface area contributed by atoms with Crippen molar-refractivity contribution in [3.05, 3.63) is 37.9 Å². The van der Waals surface area contributed by atoms with E-state index < -0.39 is 52.1 Å². The molecule has 1 aliphatic carbocycles. The Morgan fingerprint density at radius 2 is 1.97 bits per heavy atom. The van der Waals surface area contributed by atoms with E-state index in [1.807, 2.05) is 0 Å². The average Bonchev–Trinajstić information content (AvgIpc) is 3.37. The lowest BCUT2D eigenvalue weighted by Gasteiger charge is -2.09. The molecule has 0 aliphatic heterocycles. The van der Waals surface area contributed by atoms with Crippen LogP contribution in [0.3, 0.4) is 0 Å². The van der Waals surface area contributed by atoms with Crippen molar-refractivity contribution in [3.8, 4) is 0 Å². The van der Waals surface area contributed by atoms with Crippen LogP contribution in [0.15, 0.2) is 0 Å². The zero-order valence-electron chi connectivity index (χ0n) is 16.6. The number of hydrogen-bond donors (Lipinski definition) is 1. The number of carbonyl (C=O) groups is 1. The van der Waals surface area contributed by atoms with E-state index in [9.17, 15) is 36.9 Å². The Balaban J connectivity index is 1.59. The predicted octanol–water partition coefficient (Wildman–Crippen LogP) is 3.99. The van der Waals surface area contributed by atoms with Gasteiger partial charge in [-0.1, -0.05) is 11.6 Å². The van der Waals surface area contributed by atoms with Crippen molar-refractivity contribution in [1.29, 1.82) is 0 Å². The first-order chi connectivity index (χ1) is 14.9. The van der Waals surface area contributed by atoms with Crippen molar-refractivity contribution in [2.24, 2.45) is 0 Å². The van der Waals surface area contributed by atoms with Gasteiger partial charge in [0.1, 0.15) is 12.2 Å². The Hall–Kier alpha value is -2.77. The molecule has 3 rings (SSSR count). The maximum atomic E-state index is 13.1. The molecule has 0 bridgehead atoms. The molecule has 0 radical (unpaired) electrons. The molecule has 0 aromatic carbocycles. The minimum Gasteiger partial charge on any atom is -0.354 e. The van der Waals surface area contributed by atoms with Crippen molar-refractivity contribution in [2.45, 2.75) is 57.8 Å². The number of nitro groups is 1. The highest BCUT2D eigenvalue weighted by atomic mass is 35.5. The number of alkyl halides is 5. The van der Waals surface area contributed by atoms with Gasteiger partial charge in [-0.05, 0) is 26.2 Å². The third-order valence-electron chi connectivity index (χ3n) is 4.92. The molecule has 176 valence electrons. The van der Waals surface area contributed by atoms with Gasteiger partial charge in [-0.2, -0.15) is 23.4 Å². The van der Waals surface area contributed by atoms with Crippen LogP contribution in [0, 0.1) is 17.0 Å². The number of aryl methyl sites for hydroxylation is 1. The van der Waals surface area contributed by atoms with Crippen molar-refractivity contribution < 1.29 is 31.7 Å². The molecular weight excluding hydrogens is 467 g/mol. The smallest absolute Gasteiger partial charge is 0.354 e. The summed E-state index contributed by atoms with van der Waals surface area (Å²) >= 11 is 5.89. The van der Waals surface area contributed by atoms with E-state index in [-0.39, 0.29) is 31.1 Å². The Morgan fingerprint density at radius 1 is 1.31 bits per heavy atom. The van der Waals surface area contributed by atoms with Crippen LogP contribution in [0.2, 0.25) is 5.02 Å². The largest absolute Gasteiger partial charge is 0.436 e. The molecule has 2 aromatic rings. The van der Waals surface area contributed by atoms with Gasteiger partial charge in [-0.3, -0.25) is 24.3 Å². The summed E-state index contributed by atoms with van der Waals surface area (Å²) in [6.07, 6.45) is -6.20. The van der Waals surface area contributed by atoms with Crippen LogP contribution in [0.4, 0.5) is 27.6 Å². The topological polar surface area (TPSA) is 108 Å². The van der Waals surface area contributed by atoms with Gasteiger partial charge in [-0.25, -0.2) is 8.78 Å². The summed E-state index contributed by atoms with van der Waals surface area (Å²) in [6, 6.07) is 0. The Labute approximate surface area is 182 Å². The molecule has 1 N–H and O–H groups in total. The molecular formula is C17H18ClF5N6O3. The highest BCUT2D eigenvalue weighted by Crippen LogP contribution is 2.46. The second kappa shape index (κ2) is 9.00. The van der Waals surface area contributed by atoms with Gasteiger partial charge in [0.15, 0.2) is 5.69 Å². The summed E-state index contributed by atoms with van der Waals surface area (Å²) in [5.74, 6) is -0.730. The number of nitrogens with one attached hydrogen (secondary N) is 1. The maximum Gasteiger partial charge on any atom is 0.436 e. The number of carbonyl (C=O) groups excluding carboxylic acids is 1. The lowest BCUT2D eigenvalue weighted by atomic mass is 10.2. The quantitative estimate of drug-likeness (QED) is 0.250. The first-order valence-electron chi connectivity index (χ1n) is 9.51. The summed E-state index contributed by atoms with van der Waals surface area (Å²) < 4.78 is 67.1. The van der Waals surface area contributed by atoms with Crippen LogP contribution in [-0.4, -0.2) is 36.9 Å². The molecule has 2 heterocycles. The van der Waals surface area contributed by atoms with Gasteiger partial charge in [0.05, 0.1) is 15.6 Å². The minimum atomic E-state index is -4.68. The zero-order chi connectivity index (χ0) is 23.8. The van der Waals surface area contributed by atoms with Crippen LogP contribution in [0.25, 0.3) is 0 Å². The van der Waals surface area contributed by atoms with Gasteiger partial charge >= 0.3 is 11.9 Å². The fraction of sp³-hybridized carbons (Fsp3) is 0.588. The Morgan fingerprint density at radius 3 is 2.47 bits per heavy atom. The van der Waals surface area contributed by atoms with Gasteiger partial charge in [-0.15, -0.1) is 0 Å². The van der Waals surface area contributed by atoms with E-state index in [2.05, 4.69) is 15.5 Å². The van der Waals surface area contributed by atoms with Crippen LogP contribution in [0.5, 0.6) is 0 Å². The van der Waals surface area contributed by atoms with Crippen molar-refractivity contribution in [1.82, 2.24) is 24.9 Å². The van der Waals surface area contributed by atoms with Crippen LogP contribution in [0.1, 0.15) is 54.4 Å². The van der Waals surface area contributed by atoms with Crippen LogP contribution in [-0.2, 0) is 24.1 Å². The van der Waals surface area contributed by atoms with E-state index in [1.54, 1.807) is 0 Å². The lowest BCUT2D eigenvalue weighted by molar-refractivity contribution is -0.386. The molecule has 15 heteroatoms. The second-order valence-electron chi connectivity index (χ2n) is 7.28. The molecule has 0 atom stereocenters. The molecule has 2 aromatic heterocycles. The predicted molar refractivity (Wildman–Crippen MR) is 100 cm³/mol. The number of aromatic nitrogens is 4. The summed E-state index contributed by atoms with van der Waals surface area (Å²) in [5, 5.41) is 20.1. The van der Waals surface area contributed by atoms with Crippen molar-refractivity contribution >= 4 is 23.2 Å². The molecule has 9 nitrogen and oxygen atoms in total. The van der Waals surface area contributed by atoms with E-state index in [4.69, 9.17) is 11.6 Å². The van der Waals surface area contributed by atoms with Crippen molar-refractivity contribution in [3.63, 3.8) is 0 Å². The molecule has 1 amide bonds. The standard InChI is InChI=1S/C17H18ClF5N6O3/c1-8-13(29(31)32)12(16(19)20)25-28(8)7-10(30)24-5-2-6-27-14(9-3-4-9)11(18)15(26-27)17(21,22)23/h9,16H,2-7H2,1H3,(H,24,30). The molecule has 0 unspecified atom stereocenters. The van der Waals surface area contributed by atoms with Gasteiger partial charge in [0, 0.05) is 19.0 Å². The first-order valence-corrected chi connectivity index (χ1v) is 9.89. The third-order valence-corrected chi connectivity index (χ3v) is 5.29. The lowest BCUT2D eigenvalue weighted by Crippen LogP contribution is -2.30. The minimum absolute atomic E-state index is 0.0475. The SMILES string of the molecule is Cc1c([N+](=O)[O-])c(C(F)F)nn1CC(=O)NCCCn1nc(C(F)(F)F)c(Cl)c1C1CC1. The average molecular weight is 485 g/mol. The summed E-state index contributed by atoms with van der Waals surface area (Å²) in [7, 11) is 0. The molecule has 1 saturated carbocycles. The van der Waals surface area contributed by atoms with Gasteiger partial charge in [0.25, 0.3) is 6.43 Å². The number of halogens is 6. The zero-order valence-corrected chi connectivity index (χ0v) is 17.4. The summed E-state index contributed by atoms with van der Waals surface area (Å²) in [6.45, 7) is 0.789.